The van der Waals surface area contributed by atoms with E-state index in [2.05, 4.69) is 10.2 Å². The molecule has 0 aliphatic carbocycles. The van der Waals surface area contributed by atoms with Crippen LogP contribution in [0.25, 0.3) is 0 Å². The van der Waals surface area contributed by atoms with Gasteiger partial charge in [0.1, 0.15) is 5.82 Å². The van der Waals surface area contributed by atoms with E-state index < -0.39 is 0 Å². The Labute approximate surface area is 141 Å². The molecule has 2 aliphatic rings. The Morgan fingerprint density at radius 1 is 1.12 bits per heavy atom. The first-order chi connectivity index (χ1) is 11.7. The number of nitrogens with one attached hydrogen (secondary N) is 1. The molecule has 6 nitrogen and oxygen atoms in total. The van der Waals surface area contributed by atoms with Crippen LogP contribution in [-0.2, 0) is 0 Å². The second kappa shape index (κ2) is 7.81. The van der Waals surface area contributed by atoms with Crippen LogP contribution in [0.4, 0.5) is 20.6 Å². The van der Waals surface area contributed by atoms with E-state index in [4.69, 9.17) is 5.11 Å². The minimum Gasteiger partial charge on any atom is -0.395 e. The lowest BCUT2D eigenvalue weighted by molar-refractivity contribution is 0.127. The van der Waals surface area contributed by atoms with E-state index >= 15 is 0 Å². The highest BCUT2D eigenvalue weighted by Gasteiger charge is 2.21. The topological polar surface area (TPSA) is 59.1 Å². The van der Waals surface area contributed by atoms with Crippen LogP contribution in [0.3, 0.4) is 0 Å². The Morgan fingerprint density at radius 3 is 2.46 bits per heavy atom. The van der Waals surface area contributed by atoms with Gasteiger partial charge >= 0.3 is 6.03 Å². The van der Waals surface area contributed by atoms with Crippen LogP contribution in [0.2, 0.25) is 0 Å². The van der Waals surface area contributed by atoms with Gasteiger partial charge in [-0.1, -0.05) is 0 Å². The van der Waals surface area contributed by atoms with E-state index in [-0.39, 0.29) is 18.5 Å². The summed E-state index contributed by atoms with van der Waals surface area (Å²) in [7, 11) is 0. The monoisotopic (exact) mass is 336 g/mol. The molecule has 0 bridgehead atoms. The first-order valence-electron chi connectivity index (χ1n) is 8.61. The Kier molecular flexibility index (Phi) is 5.52. The predicted molar refractivity (Wildman–Crippen MR) is 92.0 cm³/mol. The number of benzene rings is 1. The predicted octanol–water partition coefficient (Wildman–Crippen LogP) is 1.57. The summed E-state index contributed by atoms with van der Waals surface area (Å²) in [5, 5.41) is 11.7. The summed E-state index contributed by atoms with van der Waals surface area (Å²) in [6, 6.07) is 4.70. The van der Waals surface area contributed by atoms with Crippen molar-refractivity contribution in [3.8, 4) is 0 Å². The molecule has 2 heterocycles. The number of carbonyl (C=O) groups excluding carboxylic acids is 1. The Hall–Kier alpha value is -1.86. The van der Waals surface area contributed by atoms with Crippen molar-refractivity contribution in [1.29, 1.82) is 0 Å². The van der Waals surface area contributed by atoms with Crippen molar-refractivity contribution >= 4 is 17.4 Å². The molecule has 3 rings (SSSR count). The maximum absolute atomic E-state index is 14.3. The summed E-state index contributed by atoms with van der Waals surface area (Å²) in [4.78, 5) is 18.2. The molecule has 0 spiro atoms. The molecule has 2 aliphatic heterocycles. The molecule has 1 aromatic carbocycles. The number of aliphatic hydroxyl groups excluding tert-OH is 1. The quantitative estimate of drug-likeness (QED) is 0.876. The van der Waals surface area contributed by atoms with Crippen molar-refractivity contribution in [2.75, 3.05) is 62.6 Å². The van der Waals surface area contributed by atoms with Gasteiger partial charge in [0.05, 0.1) is 12.3 Å². The lowest BCUT2D eigenvalue weighted by Gasteiger charge is -2.34. The zero-order valence-corrected chi connectivity index (χ0v) is 13.9. The van der Waals surface area contributed by atoms with Gasteiger partial charge in [-0.2, -0.15) is 0 Å². The number of β-amino-alcohol motifs (C(OH)–C–C–N with tert-alkyl or cyclic N) is 1. The number of hydrogen-bond acceptors (Lipinski definition) is 4. The van der Waals surface area contributed by atoms with Gasteiger partial charge in [0.2, 0.25) is 0 Å². The van der Waals surface area contributed by atoms with Crippen LogP contribution in [0.5, 0.6) is 0 Å². The van der Waals surface area contributed by atoms with Crippen molar-refractivity contribution in [1.82, 2.24) is 9.80 Å². The normalized spacial score (nSPS) is 18.9. The molecule has 2 amide bonds. The first-order valence-corrected chi connectivity index (χ1v) is 8.61. The number of aliphatic hydroxyl groups is 1. The fourth-order valence-electron chi connectivity index (χ4n) is 3.32. The lowest BCUT2D eigenvalue weighted by Crippen LogP contribution is -2.50. The molecular weight excluding hydrogens is 311 g/mol. The molecule has 1 aromatic rings. The van der Waals surface area contributed by atoms with Gasteiger partial charge in [-0.05, 0) is 31.0 Å². The zero-order valence-electron chi connectivity index (χ0n) is 13.9. The minimum atomic E-state index is -0.289. The third-order valence-corrected chi connectivity index (χ3v) is 4.72. The smallest absolute Gasteiger partial charge is 0.321 e. The molecule has 0 saturated carbocycles. The highest BCUT2D eigenvalue weighted by Crippen LogP contribution is 2.26. The van der Waals surface area contributed by atoms with Crippen LogP contribution >= 0.6 is 0 Å². The summed E-state index contributed by atoms with van der Waals surface area (Å²) < 4.78 is 14.3. The SMILES string of the molecule is O=C(Nc1ccc(N2CCCC2)c(F)c1)N1CCN(CCO)CC1. The number of rotatable bonds is 4. The van der Waals surface area contributed by atoms with Crippen molar-refractivity contribution in [2.45, 2.75) is 12.8 Å². The van der Waals surface area contributed by atoms with E-state index in [0.29, 0.717) is 31.0 Å². The number of halogens is 1. The maximum atomic E-state index is 14.3. The molecule has 132 valence electrons. The van der Waals surface area contributed by atoms with Crippen LogP contribution in [-0.4, -0.2) is 73.4 Å². The average Bonchev–Trinajstić information content (AvgIpc) is 3.10. The number of piperazine rings is 1. The van der Waals surface area contributed by atoms with Crippen LogP contribution in [0, 0.1) is 5.82 Å². The van der Waals surface area contributed by atoms with Crippen molar-refractivity contribution in [2.24, 2.45) is 0 Å². The summed E-state index contributed by atoms with van der Waals surface area (Å²) in [6.07, 6.45) is 2.19. The molecule has 2 saturated heterocycles. The third kappa shape index (κ3) is 3.96. The number of anilines is 2. The highest BCUT2D eigenvalue weighted by molar-refractivity contribution is 5.89. The maximum Gasteiger partial charge on any atom is 0.321 e. The van der Waals surface area contributed by atoms with Crippen LogP contribution in [0.15, 0.2) is 18.2 Å². The Bertz CT molecular complexity index is 570. The van der Waals surface area contributed by atoms with Gasteiger partial charge in [-0.3, -0.25) is 4.90 Å². The second-order valence-corrected chi connectivity index (χ2v) is 6.34. The zero-order chi connectivity index (χ0) is 16.9. The third-order valence-electron chi connectivity index (χ3n) is 4.72. The average molecular weight is 336 g/mol. The Balaban J connectivity index is 1.56. The van der Waals surface area contributed by atoms with Crippen molar-refractivity contribution < 1.29 is 14.3 Å². The van der Waals surface area contributed by atoms with Crippen molar-refractivity contribution in [3.05, 3.63) is 24.0 Å². The fraction of sp³-hybridized carbons (Fsp3) is 0.588. The molecule has 0 unspecified atom stereocenters. The molecular formula is C17H25FN4O2. The summed E-state index contributed by atoms with van der Waals surface area (Å²) in [5.74, 6) is -0.289. The molecule has 0 aromatic heterocycles. The fourth-order valence-corrected chi connectivity index (χ4v) is 3.32. The summed E-state index contributed by atoms with van der Waals surface area (Å²) >= 11 is 0. The number of carbonyl (C=O) groups is 1. The largest absolute Gasteiger partial charge is 0.395 e. The van der Waals surface area contributed by atoms with Gasteiger partial charge in [0.15, 0.2) is 0 Å². The van der Waals surface area contributed by atoms with Gasteiger partial charge in [-0.15, -0.1) is 0 Å². The van der Waals surface area contributed by atoms with Gasteiger partial charge in [0.25, 0.3) is 0 Å². The van der Waals surface area contributed by atoms with Crippen molar-refractivity contribution in [3.63, 3.8) is 0 Å². The molecule has 0 atom stereocenters. The number of hydrogen-bond donors (Lipinski definition) is 2. The second-order valence-electron chi connectivity index (χ2n) is 6.34. The number of urea groups is 1. The van der Waals surface area contributed by atoms with E-state index in [1.54, 1.807) is 17.0 Å². The summed E-state index contributed by atoms with van der Waals surface area (Å²) in [5.41, 5.74) is 1.10. The van der Waals surface area contributed by atoms with Gasteiger partial charge < -0.3 is 20.2 Å². The number of nitrogens with zero attached hydrogens (tertiary/aromatic N) is 3. The van der Waals surface area contributed by atoms with Gasteiger partial charge in [-0.25, -0.2) is 9.18 Å². The van der Waals surface area contributed by atoms with Crippen LogP contribution < -0.4 is 10.2 Å². The van der Waals surface area contributed by atoms with E-state index in [0.717, 1.165) is 39.0 Å². The van der Waals surface area contributed by atoms with E-state index in [1.165, 1.54) is 6.07 Å². The number of amides is 2. The molecule has 24 heavy (non-hydrogen) atoms. The molecule has 2 fully saturated rings. The van der Waals surface area contributed by atoms with Gasteiger partial charge in [0, 0.05) is 51.5 Å². The first kappa shape index (κ1) is 17.0. The standard InChI is InChI=1S/C17H25FN4O2/c18-15-13-14(3-4-16(15)21-5-1-2-6-21)19-17(24)22-9-7-20(8-10-22)11-12-23/h3-4,13,23H,1-2,5-12H2,(H,19,24). The van der Waals surface area contributed by atoms with E-state index in [9.17, 15) is 9.18 Å². The highest BCUT2D eigenvalue weighted by atomic mass is 19.1. The Morgan fingerprint density at radius 2 is 1.83 bits per heavy atom. The molecule has 2 N–H and O–H groups in total. The summed E-state index contributed by atoms with van der Waals surface area (Å²) in [6.45, 7) is 5.27. The lowest BCUT2D eigenvalue weighted by atomic mass is 10.2. The molecule has 0 radical (unpaired) electrons. The molecule has 7 heteroatoms. The minimum absolute atomic E-state index is 0.134. The van der Waals surface area contributed by atoms with Crippen LogP contribution in [0.1, 0.15) is 12.8 Å². The van der Waals surface area contributed by atoms with E-state index in [1.807, 2.05) is 4.90 Å².